The molecule has 4 bridgehead atoms. The van der Waals surface area contributed by atoms with E-state index in [4.69, 9.17) is 9.47 Å². The molecule has 0 aromatic heterocycles. The second-order valence-electron chi connectivity index (χ2n) is 10.7. The first-order chi connectivity index (χ1) is 15.7. The fourth-order valence-corrected chi connectivity index (χ4v) is 5.07. The Labute approximate surface area is 196 Å². The van der Waals surface area contributed by atoms with E-state index in [2.05, 4.69) is 36.3 Å². The van der Waals surface area contributed by atoms with Gasteiger partial charge in [0.15, 0.2) is 0 Å². The molecule has 33 heavy (non-hydrogen) atoms. The van der Waals surface area contributed by atoms with Crippen molar-refractivity contribution in [3.05, 3.63) is 29.8 Å². The number of likely N-dealkylation sites (tertiary alicyclic amines) is 1. The van der Waals surface area contributed by atoms with Crippen molar-refractivity contribution < 1.29 is 24.2 Å². The first kappa shape index (κ1) is 24.0. The zero-order valence-electron chi connectivity index (χ0n) is 19.9. The predicted molar refractivity (Wildman–Crippen MR) is 124 cm³/mol. The maximum Gasteiger partial charge on any atom is 0.255 e. The van der Waals surface area contributed by atoms with Crippen LogP contribution in [0, 0.1) is 5.41 Å². The van der Waals surface area contributed by atoms with Crippen molar-refractivity contribution in [1.82, 2.24) is 15.5 Å². The number of fused-ring (bicyclic) bond motifs is 5. The highest BCUT2D eigenvalue weighted by Gasteiger charge is 2.40. The number of rotatable bonds is 1. The molecule has 3 N–H and O–H groups in total. The summed E-state index contributed by atoms with van der Waals surface area (Å²) in [5.74, 6) is 0.287. The van der Waals surface area contributed by atoms with E-state index >= 15 is 0 Å². The minimum atomic E-state index is -0.594. The molecule has 4 rings (SSSR count). The maximum absolute atomic E-state index is 13.2. The Morgan fingerprint density at radius 3 is 2.73 bits per heavy atom. The number of ether oxygens (including phenoxy) is 2. The Balaban J connectivity index is 1.58. The summed E-state index contributed by atoms with van der Waals surface area (Å²) in [5.41, 5.74) is 0.504. The van der Waals surface area contributed by atoms with Crippen LogP contribution < -0.4 is 15.4 Å². The molecule has 2 amide bonds. The average molecular weight is 460 g/mol. The summed E-state index contributed by atoms with van der Waals surface area (Å²) in [4.78, 5) is 28.4. The maximum atomic E-state index is 13.2. The Kier molecular flexibility index (Phi) is 7.26. The van der Waals surface area contributed by atoms with Gasteiger partial charge in [0, 0.05) is 32.1 Å². The molecule has 8 heteroatoms. The Bertz CT molecular complexity index is 855. The van der Waals surface area contributed by atoms with Crippen LogP contribution in [-0.2, 0) is 9.53 Å². The van der Waals surface area contributed by atoms with Crippen molar-refractivity contribution in [3.8, 4) is 5.75 Å². The molecule has 3 aliphatic rings. The minimum absolute atomic E-state index is 0.00647. The highest BCUT2D eigenvalue weighted by Crippen LogP contribution is 2.27. The minimum Gasteiger partial charge on any atom is -0.493 e. The van der Waals surface area contributed by atoms with Crippen molar-refractivity contribution in [1.29, 1.82) is 0 Å². The number of para-hydroxylation sites is 1. The average Bonchev–Trinajstić information content (AvgIpc) is 3.13. The van der Waals surface area contributed by atoms with E-state index in [0.717, 1.165) is 13.0 Å². The summed E-state index contributed by atoms with van der Waals surface area (Å²) in [6, 6.07) is 6.78. The lowest BCUT2D eigenvalue weighted by Crippen LogP contribution is -2.51. The summed E-state index contributed by atoms with van der Waals surface area (Å²) in [6.45, 7) is 8.46. The fourth-order valence-electron chi connectivity index (χ4n) is 5.07. The Morgan fingerprint density at radius 1 is 1.15 bits per heavy atom. The van der Waals surface area contributed by atoms with Gasteiger partial charge in [0.25, 0.3) is 5.91 Å². The highest BCUT2D eigenvalue weighted by atomic mass is 16.5. The van der Waals surface area contributed by atoms with E-state index in [-0.39, 0.29) is 42.0 Å². The van der Waals surface area contributed by atoms with Crippen LogP contribution in [0.15, 0.2) is 24.3 Å². The lowest BCUT2D eigenvalue weighted by Gasteiger charge is -2.35. The van der Waals surface area contributed by atoms with E-state index in [0.29, 0.717) is 43.7 Å². The Morgan fingerprint density at radius 2 is 1.94 bits per heavy atom. The zero-order chi connectivity index (χ0) is 23.6. The second kappa shape index (κ2) is 9.99. The third kappa shape index (κ3) is 6.05. The molecule has 2 saturated heterocycles. The molecule has 0 saturated carbocycles. The number of aliphatic hydroxyl groups excluding tert-OH is 1. The summed E-state index contributed by atoms with van der Waals surface area (Å²) in [6.07, 6.45) is 1.47. The van der Waals surface area contributed by atoms with E-state index < -0.39 is 12.2 Å². The molecule has 182 valence electrons. The monoisotopic (exact) mass is 459 g/mol. The van der Waals surface area contributed by atoms with Gasteiger partial charge in [0.1, 0.15) is 11.9 Å². The molecular formula is C25H37N3O5. The van der Waals surface area contributed by atoms with Crippen LogP contribution in [0.2, 0.25) is 0 Å². The van der Waals surface area contributed by atoms with Gasteiger partial charge in [0.05, 0.1) is 30.4 Å². The molecule has 0 radical (unpaired) electrons. The molecule has 3 aliphatic heterocycles. The molecule has 3 heterocycles. The van der Waals surface area contributed by atoms with Crippen LogP contribution in [0.4, 0.5) is 0 Å². The van der Waals surface area contributed by atoms with E-state index in [1.807, 2.05) is 18.2 Å². The van der Waals surface area contributed by atoms with Gasteiger partial charge in [-0.3, -0.25) is 14.5 Å². The van der Waals surface area contributed by atoms with Gasteiger partial charge in [-0.05, 0) is 36.8 Å². The van der Waals surface area contributed by atoms with Crippen LogP contribution >= 0.6 is 0 Å². The van der Waals surface area contributed by atoms with Gasteiger partial charge in [-0.2, -0.15) is 0 Å². The number of nitrogens with zero attached hydrogens (tertiary/aromatic N) is 1. The van der Waals surface area contributed by atoms with E-state index in [1.54, 1.807) is 6.07 Å². The first-order valence-electron chi connectivity index (χ1n) is 12.1. The quantitative estimate of drug-likeness (QED) is 0.591. The van der Waals surface area contributed by atoms with Gasteiger partial charge >= 0.3 is 0 Å². The largest absolute Gasteiger partial charge is 0.493 e. The molecular weight excluding hydrogens is 422 g/mol. The standard InChI is InChI=1S/C25H37N3O5/c1-25(2,3)15-28-14-16-12-19(28)24(31)26-13-22-20(29)9-8-17(33-22)10-11-32-21-7-5-4-6-18(21)23(30)27-16/h4-7,16-17,19-20,22,29H,8-15H2,1-3H3,(H,26,31)(H,27,30)/t16-,17-,19-,20-,22+/m0/s1. The molecule has 5 atom stereocenters. The smallest absolute Gasteiger partial charge is 0.255 e. The van der Waals surface area contributed by atoms with E-state index in [1.165, 1.54) is 0 Å². The number of aliphatic hydroxyl groups is 1. The summed E-state index contributed by atoms with van der Waals surface area (Å²) in [7, 11) is 0. The number of benzene rings is 1. The van der Waals surface area contributed by atoms with Gasteiger partial charge in [-0.25, -0.2) is 0 Å². The fraction of sp³-hybridized carbons (Fsp3) is 0.680. The predicted octanol–water partition coefficient (Wildman–Crippen LogP) is 1.71. The molecule has 1 aromatic carbocycles. The van der Waals surface area contributed by atoms with Crippen molar-refractivity contribution in [2.24, 2.45) is 5.41 Å². The SMILES string of the molecule is CC(C)(C)CN1C[C@@H]2C[C@H]1C(=O)NC[C@H]1O[C@H](CCOc3ccccc3C(=O)N2)CC[C@@H]1O. The summed E-state index contributed by atoms with van der Waals surface area (Å²) in [5, 5.41) is 16.6. The number of carbonyl (C=O) groups excluding carboxylic acids is 2. The third-order valence-electron chi connectivity index (χ3n) is 6.61. The van der Waals surface area contributed by atoms with Crippen molar-refractivity contribution in [3.63, 3.8) is 0 Å². The van der Waals surface area contributed by atoms with Crippen LogP contribution in [0.5, 0.6) is 5.75 Å². The molecule has 8 nitrogen and oxygen atoms in total. The normalized spacial score (nSPS) is 31.8. The van der Waals surface area contributed by atoms with Gasteiger partial charge in [-0.1, -0.05) is 32.9 Å². The van der Waals surface area contributed by atoms with Crippen molar-refractivity contribution in [2.75, 3.05) is 26.2 Å². The second-order valence-corrected chi connectivity index (χ2v) is 10.7. The van der Waals surface area contributed by atoms with Crippen molar-refractivity contribution >= 4 is 11.8 Å². The molecule has 0 aliphatic carbocycles. The van der Waals surface area contributed by atoms with Gasteiger partial charge in [0.2, 0.25) is 5.91 Å². The number of hydrogen-bond acceptors (Lipinski definition) is 6. The molecule has 0 unspecified atom stereocenters. The Hall–Kier alpha value is -2.16. The molecule has 1 aromatic rings. The number of carbonyl (C=O) groups is 2. The number of hydrogen-bond donors (Lipinski definition) is 3. The zero-order valence-corrected chi connectivity index (χ0v) is 19.9. The highest BCUT2D eigenvalue weighted by molar-refractivity contribution is 5.97. The summed E-state index contributed by atoms with van der Waals surface area (Å²) >= 11 is 0. The van der Waals surface area contributed by atoms with Crippen LogP contribution in [0.1, 0.15) is 56.8 Å². The van der Waals surface area contributed by atoms with Crippen LogP contribution in [0.3, 0.4) is 0 Å². The van der Waals surface area contributed by atoms with Gasteiger partial charge in [-0.15, -0.1) is 0 Å². The lowest BCUT2D eigenvalue weighted by molar-refractivity contribution is -0.133. The topological polar surface area (TPSA) is 100 Å². The molecule has 2 fully saturated rings. The summed E-state index contributed by atoms with van der Waals surface area (Å²) < 4.78 is 12.1. The first-order valence-corrected chi connectivity index (χ1v) is 12.1. The number of amides is 2. The number of nitrogens with one attached hydrogen (secondary N) is 2. The molecule has 0 spiro atoms. The van der Waals surface area contributed by atoms with Crippen molar-refractivity contribution in [2.45, 2.75) is 76.9 Å². The van der Waals surface area contributed by atoms with Crippen LogP contribution in [-0.4, -0.2) is 78.5 Å². The lowest BCUT2D eigenvalue weighted by atomic mass is 9.95. The third-order valence-corrected chi connectivity index (χ3v) is 6.61. The van der Waals surface area contributed by atoms with Gasteiger partial charge < -0.3 is 25.2 Å². The van der Waals surface area contributed by atoms with E-state index in [9.17, 15) is 14.7 Å². The van der Waals surface area contributed by atoms with Crippen LogP contribution in [0.25, 0.3) is 0 Å².